The quantitative estimate of drug-likeness (QED) is 0.645. The summed E-state index contributed by atoms with van der Waals surface area (Å²) in [6.07, 6.45) is 3.51. The van der Waals surface area contributed by atoms with E-state index in [9.17, 15) is 5.11 Å². The predicted octanol–water partition coefficient (Wildman–Crippen LogP) is 1.08. The summed E-state index contributed by atoms with van der Waals surface area (Å²) in [6.45, 7) is 7.15. The Hall–Kier alpha value is -2.29. The van der Waals surface area contributed by atoms with Crippen LogP contribution in [0.25, 0.3) is 11.3 Å². The molecule has 1 atom stereocenters. The predicted molar refractivity (Wildman–Crippen MR) is 101 cm³/mol. The fourth-order valence-corrected chi connectivity index (χ4v) is 2.70. The molecular weight excluding hydrogens is 332 g/mol. The van der Waals surface area contributed by atoms with Crippen molar-refractivity contribution in [2.75, 3.05) is 56.6 Å². The van der Waals surface area contributed by atoms with Crippen molar-refractivity contribution in [3.63, 3.8) is 0 Å². The Morgan fingerprint density at radius 1 is 1.31 bits per heavy atom. The van der Waals surface area contributed by atoms with Crippen molar-refractivity contribution in [3.05, 3.63) is 30.6 Å². The highest BCUT2D eigenvalue weighted by atomic mass is 16.5. The number of nitrogens with one attached hydrogen (secondary N) is 2. The van der Waals surface area contributed by atoms with Crippen LogP contribution >= 0.6 is 0 Å². The molecule has 0 aromatic carbocycles. The third-order valence-electron chi connectivity index (χ3n) is 4.17. The van der Waals surface area contributed by atoms with Gasteiger partial charge in [0.1, 0.15) is 5.82 Å². The van der Waals surface area contributed by atoms with Gasteiger partial charge >= 0.3 is 0 Å². The molecule has 1 fully saturated rings. The SMILES string of the molecule is C[C@H](CO)Nc1nc(NCCN2CCOCC2)cc(-c2cccnc2)n1. The highest BCUT2D eigenvalue weighted by Crippen LogP contribution is 2.21. The van der Waals surface area contributed by atoms with Crippen molar-refractivity contribution in [2.45, 2.75) is 13.0 Å². The summed E-state index contributed by atoms with van der Waals surface area (Å²) in [7, 11) is 0. The zero-order valence-electron chi connectivity index (χ0n) is 15.1. The van der Waals surface area contributed by atoms with Crippen LogP contribution in [0.15, 0.2) is 30.6 Å². The van der Waals surface area contributed by atoms with Crippen LogP contribution in [-0.4, -0.2) is 77.0 Å². The first-order chi connectivity index (χ1) is 12.7. The van der Waals surface area contributed by atoms with Crippen molar-refractivity contribution < 1.29 is 9.84 Å². The van der Waals surface area contributed by atoms with Crippen molar-refractivity contribution in [2.24, 2.45) is 0 Å². The van der Waals surface area contributed by atoms with Crippen molar-refractivity contribution in [1.82, 2.24) is 19.9 Å². The van der Waals surface area contributed by atoms with Gasteiger partial charge in [-0.3, -0.25) is 9.88 Å². The standard InChI is InChI=1S/C18H26N6O2/c1-14(13-25)21-18-22-16(15-3-2-4-19-12-15)11-17(23-18)20-5-6-24-7-9-26-10-8-24/h2-4,11-12,14,25H,5-10,13H2,1H3,(H2,20,21,22,23)/t14-/m1/s1. The van der Waals surface area contributed by atoms with E-state index in [-0.39, 0.29) is 12.6 Å². The van der Waals surface area contributed by atoms with Crippen molar-refractivity contribution >= 4 is 11.8 Å². The lowest BCUT2D eigenvalue weighted by molar-refractivity contribution is 0.0398. The minimum absolute atomic E-state index is 0.0142. The van der Waals surface area contributed by atoms with E-state index in [1.54, 1.807) is 12.4 Å². The van der Waals surface area contributed by atoms with Crippen LogP contribution in [0.3, 0.4) is 0 Å². The summed E-state index contributed by atoms with van der Waals surface area (Å²) < 4.78 is 5.38. The van der Waals surface area contributed by atoms with E-state index in [0.717, 1.165) is 56.5 Å². The number of hydrogen-bond donors (Lipinski definition) is 3. The van der Waals surface area contributed by atoms with Crippen LogP contribution in [0.2, 0.25) is 0 Å². The molecule has 1 saturated heterocycles. The van der Waals surface area contributed by atoms with E-state index in [4.69, 9.17) is 4.74 Å². The molecule has 8 heteroatoms. The first-order valence-corrected chi connectivity index (χ1v) is 8.95. The summed E-state index contributed by atoms with van der Waals surface area (Å²) >= 11 is 0. The van der Waals surface area contributed by atoms with Gasteiger partial charge in [-0.1, -0.05) is 0 Å². The van der Waals surface area contributed by atoms with Gasteiger partial charge in [-0.25, -0.2) is 4.98 Å². The van der Waals surface area contributed by atoms with Gasteiger partial charge in [0, 0.05) is 56.2 Å². The van der Waals surface area contributed by atoms with Crippen LogP contribution in [0.5, 0.6) is 0 Å². The van der Waals surface area contributed by atoms with Gasteiger partial charge < -0.3 is 20.5 Å². The summed E-state index contributed by atoms with van der Waals surface area (Å²) in [4.78, 5) is 15.6. The number of nitrogens with zero attached hydrogens (tertiary/aromatic N) is 4. The summed E-state index contributed by atoms with van der Waals surface area (Å²) in [5.41, 5.74) is 1.71. The largest absolute Gasteiger partial charge is 0.394 e. The lowest BCUT2D eigenvalue weighted by atomic mass is 10.2. The van der Waals surface area contributed by atoms with E-state index in [0.29, 0.717) is 5.95 Å². The lowest BCUT2D eigenvalue weighted by Gasteiger charge is -2.26. The molecule has 3 N–H and O–H groups in total. The summed E-state index contributed by atoms with van der Waals surface area (Å²) in [5, 5.41) is 15.8. The van der Waals surface area contributed by atoms with Crippen LogP contribution < -0.4 is 10.6 Å². The molecule has 0 saturated carbocycles. The maximum absolute atomic E-state index is 9.28. The Morgan fingerprint density at radius 2 is 2.15 bits per heavy atom. The third kappa shape index (κ3) is 5.35. The highest BCUT2D eigenvalue weighted by molar-refractivity contribution is 5.63. The molecule has 0 amide bonds. The second-order valence-electron chi connectivity index (χ2n) is 6.31. The molecule has 0 bridgehead atoms. The van der Waals surface area contributed by atoms with Gasteiger partial charge in [-0.2, -0.15) is 4.98 Å². The molecule has 8 nitrogen and oxygen atoms in total. The average molecular weight is 358 g/mol. The molecule has 3 heterocycles. The smallest absolute Gasteiger partial charge is 0.225 e. The fraction of sp³-hybridized carbons (Fsp3) is 0.500. The molecule has 2 aromatic heterocycles. The van der Waals surface area contributed by atoms with Crippen molar-refractivity contribution in [3.8, 4) is 11.3 Å². The van der Waals surface area contributed by atoms with Crippen LogP contribution in [0, 0.1) is 0 Å². The summed E-state index contributed by atoms with van der Waals surface area (Å²) in [6, 6.07) is 5.64. The molecule has 0 unspecified atom stereocenters. The number of aliphatic hydroxyl groups is 1. The van der Waals surface area contributed by atoms with Gasteiger partial charge in [0.15, 0.2) is 0 Å². The van der Waals surface area contributed by atoms with Gasteiger partial charge in [0.05, 0.1) is 25.5 Å². The molecule has 0 spiro atoms. The average Bonchev–Trinajstić information content (AvgIpc) is 2.69. The molecule has 26 heavy (non-hydrogen) atoms. The topological polar surface area (TPSA) is 95.4 Å². The second kappa shape index (κ2) is 9.42. The van der Waals surface area contributed by atoms with Crippen molar-refractivity contribution in [1.29, 1.82) is 0 Å². The Bertz CT molecular complexity index is 679. The van der Waals surface area contributed by atoms with Crippen LogP contribution in [0.4, 0.5) is 11.8 Å². The van der Waals surface area contributed by atoms with E-state index >= 15 is 0 Å². The number of ether oxygens (including phenoxy) is 1. The third-order valence-corrected chi connectivity index (χ3v) is 4.17. The molecule has 2 aromatic rings. The molecule has 0 radical (unpaired) electrons. The Labute approximate surface area is 153 Å². The second-order valence-corrected chi connectivity index (χ2v) is 6.31. The van der Waals surface area contributed by atoms with Gasteiger partial charge in [0.25, 0.3) is 0 Å². The van der Waals surface area contributed by atoms with E-state index < -0.39 is 0 Å². The number of rotatable bonds is 8. The normalized spacial score (nSPS) is 16.2. The Balaban J connectivity index is 1.71. The van der Waals surface area contributed by atoms with E-state index in [1.807, 2.05) is 25.1 Å². The zero-order chi connectivity index (χ0) is 18.2. The molecule has 0 aliphatic carbocycles. The van der Waals surface area contributed by atoms with Gasteiger partial charge in [0.2, 0.25) is 5.95 Å². The number of aliphatic hydroxyl groups excluding tert-OH is 1. The van der Waals surface area contributed by atoms with Crippen LogP contribution in [-0.2, 0) is 4.74 Å². The minimum Gasteiger partial charge on any atom is -0.394 e. The molecule has 1 aliphatic rings. The Kier molecular flexibility index (Phi) is 6.70. The maximum atomic E-state index is 9.28. The number of morpholine rings is 1. The lowest BCUT2D eigenvalue weighted by Crippen LogP contribution is -2.39. The first kappa shape index (κ1) is 18.5. The molecular formula is C18H26N6O2. The first-order valence-electron chi connectivity index (χ1n) is 8.95. The minimum atomic E-state index is -0.125. The zero-order valence-corrected chi connectivity index (χ0v) is 15.1. The number of aromatic nitrogens is 3. The van der Waals surface area contributed by atoms with E-state index in [2.05, 4.69) is 30.5 Å². The number of anilines is 2. The highest BCUT2D eigenvalue weighted by Gasteiger charge is 2.11. The number of pyridine rings is 1. The number of hydrogen-bond acceptors (Lipinski definition) is 8. The molecule has 3 rings (SSSR count). The monoisotopic (exact) mass is 358 g/mol. The van der Waals surface area contributed by atoms with Gasteiger partial charge in [-0.05, 0) is 19.1 Å². The van der Waals surface area contributed by atoms with E-state index in [1.165, 1.54) is 0 Å². The summed E-state index contributed by atoms with van der Waals surface area (Å²) in [5.74, 6) is 1.24. The fourth-order valence-electron chi connectivity index (χ4n) is 2.70. The van der Waals surface area contributed by atoms with Gasteiger partial charge in [-0.15, -0.1) is 0 Å². The Morgan fingerprint density at radius 3 is 2.88 bits per heavy atom. The molecule has 1 aliphatic heterocycles. The molecule has 140 valence electrons. The maximum Gasteiger partial charge on any atom is 0.225 e. The van der Waals surface area contributed by atoms with Crippen LogP contribution in [0.1, 0.15) is 6.92 Å².